The van der Waals surface area contributed by atoms with E-state index >= 15 is 0 Å². The zero-order valence-corrected chi connectivity index (χ0v) is 18.5. The number of nitrogens with two attached hydrogens (primary N) is 3. The normalized spacial score (nSPS) is 11.2. The molecule has 3 nitrogen and oxygen atoms in total. The van der Waals surface area contributed by atoms with E-state index in [0.717, 1.165) is 49.7 Å². The molecule has 6 N–H and O–H groups in total. The molecule has 0 unspecified atom stereocenters. The van der Waals surface area contributed by atoms with E-state index in [1.807, 2.05) is 0 Å². The van der Waals surface area contributed by atoms with Gasteiger partial charge >= 0.3 is 0 Å². The van der Waals surface area contributed by atoms with E-state index in [2.05, 4.69) is 77.9 Å². The van der Waals surface area contributed by atoms with Gasteiger partial charge in [-0.1, -0.05) is 34.9 Å². The van der Waals surface area contributed by atoms with Crippen molar-refractivity contribution in [2.75, 3.05) is 17.2 Å². The highest BCUT2D eigenvalue weighted by molar-refractivity contribution is 7.80. The number of aryl methyl sites for hydroxylation is 6. The predicted octanol–water partition coefficient (Wildman–Crippen LogP) is 4.04. The average molecular weight is 391 g/mol. The summed E-state index contributed by atoms with van der Waals surface area (Å²) in [5, 5.41) is 3.38. The van der Waals surface area contributed by atoms with E-state index in [4.69, 9.17) is 17.2 Å². The Labute approximate surface area is 169 Å². The summed E-state index contributed by atoms with van der Waals surface area (Å²) < 4.78 is 0. The van der Waals surface area contributed by atoms with E-state index in [-0.39, 0.29) is 0 Å². The van der Waals surface area contributed by atoms with Crippen molar-refractivity contribution in [1.82, 2.24) is 0 Å². The molecule has 0 heterocycles. The molecule has 0 aliphatic heterocycles. The molecule has 28 heavy (non-hydrogen) atoms. The highest BCUT2D eigenvalue weighted by atomic mass is 31.1. The Kier molecular flexibility index (Phi) is 5.41. The third kappa shape index (κ3) is 3.59. The monoisotopic (exact) mass is 391 g/mol. The molecule has 3 aromatic carbocycles. The highest BCUT2D eigenvalue weighted by Crippen LogP contribution is 2.41. The van der Waals surface area contributed by atoms with Gasteiger partial charge in [0.15, 0.2) is 0 Å². The molecule has 0 aliphatic rings. The van der Waals surface area contributed by atoms with Crippen LogP contribution in [0.25, 0.3) is 0 Å². The van der Waals surface area contributed by atoms with Gasteiger partial charge in [0.25, 0.3) is 0 Å². The number of hydrogen-bond acceptors (Lipinski definition) is 3. The lowest BCUT2D eigenvalue weighted by Crippen LogP contribution is -2.28. The van der Waals surface area contributed by atoms with Crippen LogP contribution < -0.4 is 33.1 Å². The number of nitrogen functional groups attached to an aromatic ring is 3. The lowest BCUT2D eigenvalue weighted by Gasteiger charge is -2.27. The van der Waals surface area contributed by atoms with Crippen LogP contribution in [0.5, 0.6) is 0 Å². The van der Waals surface area contributed by atoms with Crippen molar-refractivity contribution >= 4 is 40.9 Å². The predicted molar refractivity (Wildman–Crippen MR) is 127 cm³/mol. The number of anilines is 3. The summed E-state index contributed by atoms with van der Waals surface area (Å²) >= 11 is 0. The van der Waals surface area contributed by atoms with Crippen molar-refractivity contribution < 1.29 is 0 Å². The van der Waals surface area contributed by atoms with Crippen LogP contribution in [-0.4, -0.2) is 0 Å². The lowest BCUT2D eigenvalue weighted by molar-refractivity contribution is 1.40. The van der Waals surface area contributed by atoms with Crippen molar-refractivity contribution in [1.29, 1.82) is 0 Å². The second-order valence-electron chi connectivity index (χ2n) is 7.88. The van der Waals surface area contributed by atoms with Crippen LogP contribution >= 0.6 is 7.92 Å². The van der Waals surface area contributed by atoms with Crippen LogP contribution in [0.2, 0.25) is 0 Å². The van der Waals surface area contributed by atoms with Gasteiger partial charge in [-0.05, 0) is 84.4 Å². The molecule has 146 valence electrons. The van der Waals surface area contributed by atoms with Gasteiger partial charge in [-0.3, -0.25) is 0 Å². The molecule has 0 atom stereocenters. The standard InChI is InChI=1S/C24H30N3P/c1-13-7-16(4)22(25)19(10-13)28(20-11-14(2)8-17(5)23(20)26)21-12-15(3)9-18(6)24(21)27/h7-12H,25-27H2,1-6H3. The van der Waals surface area contributed by atoms with Crippen molar-refractivity contribution in [3.05, 3.63) is 69.8 Å². The maximum Gasteiger partial charge on any atom is 0.0428 e. The first-order chi connectivity index (χ1) is 13.1. The summed E-state index contributed by atoms with van der Waals surface area (Å²) in [5.74, 6) is 0. The quantitative estimate of drug-likeness (QED) is 0.466. The number of hydrogen-bond donors (Lipinski definition) is 3. The molecule has 0 aliphatic carbocycles. The molecule has 0 bridgehead atoms. The molecule has 0 amide bonds. The van der Waals surface area contributed by atoms with E-state index in [1.54, 1.807) is 0 Å². The van der Waals surface area contributed by atoms with Crippen LogP contribution in [0.3, 0.4) is 0 Å². The Bertz CT molecular complexity index is 933. The summed E-state index contributed by atoms with van der Waals surface area (Å²) in [6, 6.07) is 13.0. The summed E-state index contributed by atoms with van der Waals surface area (Å²) in [7, 11) is -0.981. The van der Waals surface area contributed by atoms with Gasteiger partial charge in [0.2, 0.25) is 0 Å². The third-order valence-corrected chi connectivity index (χ3v) is 7.81. The van der Waals surface area contributed by atoms with Crippen LogP contribution in [-0.2, 0) is 0 Å². The Hall–Kier alpha value is -2.51. The van der Waals surface area contributed by atoms with Crippen LogP contribution in [0.15, 0.2) is 36.4 Å². The first kappa shape index (κ1) is 20.2. The Morgan fingerprint density at radius 3 is 0.964 bits per heavy atom. The summed E-state index contributed by atoms with van der Waals surface area (Å²) in [4.78, 5) is 0. The highest BCUT2D eigenvalue weighted by Gasteiger charge is 2.25. The van der Waals surface area contributed by atoms with Crippen molar-refractivity contribution in [3.8, 4) is 0 Å². The number of benzene rings is 3. The molecule has 0 spiro atoms. The topological polar surface area (TPSA) is 78.1 Å². The minimum atomic E-state index is -0.981. The fourth-order valence-corrected chi connectivity index (χ4v) is 6.84. The summed E-state index contributed by atoms with van der Waals surface area (Å²) in [5.41, 5.74) is 29.2. The largest absolute Gasteiger partial charge is 0.398 e. The minimum absolute atomic E-state index is 0.828. The van der Waals surface area contributed by atoms with E-state index < -0.39 is 7.92 Å². The van der Waals surface area contributed by atoms with Gasteiger partial charge in [-0.25, -0.2) is 0 Å². The maximum atomic E-state index is 6.61. The van der Waals surface area contributed by atoms with E-state index in [9.17, 15) is 0 Å². The third-order valence-electron chi connectivity index (χ3n) is 5.25. The van der Waals surface area contributed by atoms with Crippen molar-refractivity contribution in [2.24, 2.45) is 0 Å². The number of rotatable bonds is 3. The van der Waals surface area contributed by atoms with Crippen molar-refractivity contribution in [2.45, 2.75) is 41.5 Å². The van der Waals surface area contributed by atoms with Gasteiger partial charge < -0.3 is 17.2 Å². The zero-order valence-electron chi connectivity index (χ0n) is 17.6. The van der Waals surface area contributed by atoms with Gasteiger partial charge in [-0.2, -0.15) is 0 Å². The Balaban J connectivity index is 2.44. The molecule has 0 radical (unpaired) electrons. The van der Waals surface area contributed by atoms with Gasteiger partial charge in [0.05, 0.1) is 0 Å². The molecule has 0 aromatic heterocycles. The molecule has 3 rings (SSSR count). The first-order valence-electron chi connectivity index (χ1n) is 9.50. The maximum absolute atomic E-state index is 6.61. The van der Waals surface area contributed by atoms with Gasteiger partial charge in [-0.15, -0.1) is 0 Å². The molecular formula is C24H30N3P. The average Bonchev–Trinajstić information content (AvgIpc) is 2.60. The SMILES string of the molecule is Cc1cc(C)c(N)c(P(c2cc(C)cc(C)c2N)c2cc(C)cc(C)c2N)c1. The summed E-state index contributed by atoms with van der Waals surface area (Å²) in [6.07, 6.45) is 0. The van der Waals surface area contributed by atoms with Crippen LogP contribution in [0.4, 0.5) is 17.1 Å². The van der Waals surface area contributed by atoms with Crippen LogP contribution in [0.1, 0.15) is 33.4 Å². The van der Waals surface area contributed by atoms with Gasteiger partial charge in [0, 0.05) is 33.0 Å². The Morgan fingerprint density at radius 2 is 0.714 bits per heavy atom. The molecule has 3 aromatic rings. The summed E-state index contributed by atoms with van der Waals surface area (Å²) in [6.45, 7) is 12.5. The van der Waals surface area contributed by atoms with Gasteiger partial charge in [0.1, 0.15) is 0 Å². The Morgan fingerprint density at radius 1 is 0.464 bits per heavy atom. The fourth-order valence-electron chi connectivity index (χ4n) is 3.81. The molecule has 0 saturated heterocycles. The van der Waals surface area contributed by atoms with E-state index in [0.29, 0.717) is 0 Å². The smallest absolute Gasteiger partial charge is 0.0428 e. The second kappa shape index (κ2) is 7.48. The second-order valence-corrected chi connectivity index (χ2v) is 10.00. The zero-order chi connectivity index (χ0) is 20.7. The molecule has 0 saturated carbocycles. The van der Waals surface area contributed by atoms with Crippen molar-refractivity contribution in [3.63, 3.8) is 0 Å². The molecular weight excluding hydrogens is 361 g/mol. The molecule has 0 fully saturated rings. The first-order valence-corrected chi connectivity index (χ1v) is 10.8. The van der Waals surface area contributed by atoms with E-state index in [1.165, 1.54) is 16.7 Å². The minimum Gasteiger partial charge on any atom is -0.398 e. The fraction of sp³-hybridized carbons (Fsp3) is 0.250. The van der Waals surface area contributed by atoms with Crippen LogP contribution in [0, 0.1) is 41.5 Å². The molecule has 4 heteroatoms. The lowest BCUT2D eigenvalue weighted by atomic mass is 10.1.